The first-order chi connectivity index (χ1) is 9.20. The molecule has 2 fully saturated rings. The smallest absolute Gasteiger partial charge is 0.255 e. The van der Waals surface area contributed by atoms with E-state index in [1.807, 2.05) is 17.9 Å². The molecule has 1 amide bonds. The molecule has 1 spiro atoms. The van der Waals surface area contributed by atoms with E-state index in [9.17, 15) is 4.79 Å². The second-order valence-corrected chi connectivity index (χ2v) is 5.09. The number of ether oxygens (including phenoxy) is 2. The van der Waals surface area contributed by atoms with Crippen molar-refractivity contribution in [1.82, 2.24) is 9.88 Å². The lowest BCUT2D eigenvalue weighted by Gasteiger charge is -2.37. The van der Waals surface area contributed by atoms with Crippen molar-refractivity contribution in [3.8, 4) is 0 Å². The molecule has 2 aliphatic heterocycles. The van der Waals surface area contributed by atoms with Crippen LogP contribution < -0.4 is 0 Å². The van der Waals surface area contributed by atoms with Crippen LogP contribution >= 0.6 is 0 Å². The molecular weight excluding hydrogens is 244 g/mol. The van der Waals surface area contributed by atoms with Gasteiger partial charge in [-0.05, 0) is 18.6 Å². The molecule has 1 aromatic rings. The van der Waals surface area contributed by atoms with Crippen molar-refractivity contribution in [2.45, 2.75) is 25.6 Å². The molecule has 5 heteroatoms. The van der Waals surface area contributed by atoms with Gasteiger partial charge in [-0.3, -0.25) is 9.78 Å². The highest BCUT2D eigenvalue weighted by molar-refractivity contribution is 5.95. The molecule has 0 atom stereocenters. The normalized spacial score (nSPS) is 21.8. The Bertz CT molecular complexity index is 473. The summed E-state index contributed by atoms with van der Waals surface area (Å²) in [4.78, 5) is 18.3. The van der Waals surface area contributed by atoms with Crippen LogP contribution in [0.25, 0.3) is 0 Å². The lowest BCUT2D eigenvalue weighted by atomic mass is 10.0. The van der Waals surface area contributed by atoms with Crippen LogP contribution in [0.15, 0.2) is 18.5 Å². The summed E-state index contributed by atoms with van der Waals surface area (Å²) in [7, 11) is 0. The van der Waals surface area contributed by atoms with E-state index in [1.165, 1.54) is 0 Å². The van der Waals surface area contributed by atoms with Crippen LogP contribution in [0.2, 0.25) is 0 Å². The minimum Gasteiger partial charge on any atom is -0.347 e. The molecule has 2 aliphatic rings. The van der Waals surface area contributed by atoms with Gasteiger partial charge in [0.05, 0.1) is 18.8 Å². The van der Waals surface area contributed by atoms with Gasteiger partial charge in [0.15, 0.2) is 5.79 Å². The van der Waals surface area contributed by atoms with Gasteiger partial charge in [-0.15, -0.1) is 0 Å². The van der Waals surface area contributed by atoms with Crippen molar-refractivity contribution < 1.29 is 14.3 Å². The summed E-state index contributed by atoms with van der Waals surface area (Å²) < 4.78 is 11.3. The maximum Gasteiger partial charge on any atom is 0.255 e. The lowest BCUT2D eigenvalue weighted by molar-refractivity contribution is -0.181. The van der Waals surface area contributed by atoms with Gasteiger partial charge in [0, 0.05) is 38.3 Å². The number of nitrogens with zero attached hydrogens (tertiary/aromatic N) is 2. The van der Waals surface area contributed by atoms with Gasteiger partial charge in [0.25, 0.3) is 5.91 Å². The summed E-state index contributed by atoms with van der Waals surface area (Å²) in [5, 5.41) is 0. The molecule has 19 heavy (non-hydrogen) atoms. The maximum atomic E-state index is 12.4. The number of amides is 1. The lowest BCUT2D eigenvalue weighted by Crippen LogP contribution is -2.47. The zero-order valence-corrected chi connectivity index (χ0v) is 11.1. The molecule has 1 aromatic heterocycles. The molecule has 5 nitrogen and oxygen atoms in total. The Hall–Kier alpha value is -1.46. The van der Waals surface area contributed by atoms with Crippen molar-refractivity contribution in [2.24, 2.45) is 0 Å². The van der Waals surface area contributed by atoms with Crippen molar-refractivity contribution in [3.05, 3.63) is 29.6 Å². The van der Waals surface area contributed by atoms with Gasteiger partial charge in [0.2, 0.25) is 0 Å². The van der Waals surface area contributed by atoms with E-state index < -0.39 is 5.79 Å². The van der Waals surface area contributed by atoms with Crippen molar-refractivity contribution in [1.29, 1.82) is 0 Å². The fraction of sp³-hybridized carbons (Fsp3) is 0.571. The number of pyridine rings is 1. The van der Waals surface area contributed by atoms with E-state index in [1.54, 1.807) is 12.4 Å². The van der Waals surface area contributed by atoms with Crippen LogP contribution in [0.1, 0.15) is 28.8 Å². The third kappa shape index (κ3) is 2.35. The Kier molecular flexibility index (Phi) is 3.24. The molecule has 3 rings (SSSR count). The van der Waals surface area contributed by atoms with Gasteiger partial charge >= 0.3 is 0 Å². The number of hydrogen-bond acceptors (Lipinski definition) is 4. The average molecular weight is 262 g/mol. The standard InChI is InChI=1S/C14H18N2O3/c1-11-2-5-15-10-12(11)13(17)16-6-3-14(4-7-16)18-8-9-19-14/h2,5,10H,3-4,6-9H2,1H3. The van der Waals surface area contributed by atoms with Crippen molar-refractivity contribution in [2.75, 3.05) is 26.3 Å². The van der Waals surface area contributed by atoms with E-state index in [0.717, 1.165) is 18.4 Å². The Morgan fingerprint density at radius 1 is 1.32 bits per heavy atom. The highest BCUT2D eigenvalue weighted by Crippen LogP contribution is 2.31. The predicted octanol–water partition coefficient (Wildman–Crippen LogP) is 1.37. The molecular formula is C14H18N2O3. The number of carbonyl (C=O) groups excluding carboxylic acids is 1. The van der Waals surface area contributed by atoms with Crippen LogP contribution in [0.3, 0.4) is 0 Å². The third-order valence-electron chi connectivity index (χ3n) is 3.90. The molecule has 0 N–H and O–H groups in total. The van der Waals surface area contributed by atoms with Crippen LogP contribution in [-0.2, 0) is 9.47 Å². The number of piperidine rings is 1. The van der Waals surface area contributed by atoms with Crippen LogP contribution in [0, 0.1) is 6.92 Å². The molecule has 0 unspecified atom stereocenters. The van der Waals surface area contributed by atoms with E-state index in [-0.39, 0.29) is 5.91 Å². The maximum absolute atomic E-state index is 12.4. The Morgan fingerprint density at radius 3 is 2.63 bits per heavy atom. The number of rotatable bonds is 1. The third-order valence-corrected chi connectivity index (χ3v) is 3.90. The number of carbonyl (C=O) groups is 1. The minimum absolute atomic E-state index is 0.0541. The predicted molar refractivity (Wildman–Crippen MR) is 68.7 cm³/mol. The first kappa shape index (κ1) is 12.6. The second kappa shape index (κ2) is 4.90. The van der Waals surface area contributed by atoms with Crippen molar-refractivity contribution >= 4 is 5.91 Å². The number of hydrogen-bond donors (Lipinski definition) is 0. The zero-order valence-electron chi connectivity index (χ0n) is 11.1. The van der Waals surface area contributed by atoms with Crippen LogP contribution in [0.4, 0.5) is 0 Å². The SMILES string of the molecule is Cc1ccncc1C(=O)N1CCC2(CC1)OCCO2. The molecule has 102 valence electrons. The molecule has 0 bridgehead atoms. The summed E-state index contributed by atoms with van der Waals surface area (Å²) >= 11 is 0. The molecule has 0 radical (unpaired) electrons. The largest absolute Gasteiger partial charge is 0.347 e. The van der Waals surface area contributed by atoms with Gasteiger partial charge in [-0.1, -0.05) is 0 Å². The molecule has 0 aliphatic carbocycles. The number of aromatic nitrogens is 1. The van der Waals surface area contributed by atoms with Crippen LogP contribution in [0.5, 0.6) is 0 Å². The zero-order chi connectivity index (χ0) is 13.3. The summed E-state index contributed by atoms with van der Waals surface area (Å²) in [6, 6.07) is 1.86. The fourth-order valence-electron chi connectivity index (χ4n) is 2.69. The highest BCUT2D eigenvalue weighted by atomic mass is 16.7. The molecule has 0 saturated carbocycles. The monoisotopic (exact) mass is 262 g/mol. The summed E-state index contributed by atoms with van der Waals surface area (Å²) in [6.07, 6.45) is 4.85. The van der Waals surface area contributed by atoms with E-state index >= 15 is 0 Å². The summed E-state index contributed by atoms with van der Waals surface area (Å²) in [5.74, 6) is -0.376. The fourth-order valence-corrected chi connectivity index (χ4v) is 2.69. The van der Waals surface area contributed by atoms with E-state index in [0.29, 0.717) is 31.9 Å². The number of likely N-dealkylation sites (tertiary alicyclic amines) is 1. The summed E-state index contributed by atoms with van der Waals surface area (Å²) in [5.41, 5.74) is 1.65. The molecule has 0 aromatic carbocycles. The molecule has 2 saturated heterocycles. The second-order valence-electron chi connectivity index (χ2n) is 5.09. The van der Waals surface area contributed by atoms with Gasteiger partial charge in [-0.2, -0.15) is 0 Å². The topological polar surface area (TPSA) is 51.7 Å². The van der Waals surface area contributed by atoms with Gasteiger partial charge in [0.1, 0.15) is 0 Å². The Morgan fingerprint density at radius 2 is 2.00 bits per heavy atom. The van der Waals surface area contributed by atoms with E-state index in [2.05, 4.69) is 4.98 Å². The summed E-state index contributed by atoms with van der Waals surface area (Å²) in [6.45, 7) is 4.61. The van der Waals surface area contributed by atoms with Gasteiger partial charge < -0.3 is 14.4 Å². The minimum atomic E-state index is -0.430. The number of aryl methyl sites for hydroxylation is 1. The first-order valence-electron chi connectivity index (χ1n) is 6.68. The molecule has 3 heterocycles. The van der Waals surface area contributed by atoms with Gasteiger partial charge in [-0.25, -0.2) is 0 Å². The van der Waals surface area contributed by atoms with E-state index in [4.69, 9.17) is 9.47 Å². The highest BCUT2D eigenvalue weighted by Gasteiger charge is 2.40. The quantitative estimate of drug-likeness (QED) is 0.767. The average Bonchev–Trinajstić information content (AvgIpc) is 2.88. The van der Waals surface area contributed by atoms with Crippen molar-refractivity contribution in [3.63, 3.8) is 0 Å². The van der Waals surface area contributed by atoms with Crippen LogP contribution in [-0.4, -0.2) is 47.9 Å². The Balaban J connectivity index is 1.68. The first-order valence-corrected chi connectivity index (χ1v) is 6.68. The Labute approximate surface area is 112 Å².